The van der Waals surface area contributed by atoms with E-state index in [1.165, 1.54) is 22.3 Å². The molecule has 0 saturated carbocycles. The van der Waals surface area contributed by atoms with Gasteiger partial charge in [-0.25, -0.2) is 0 Å². The molecule has 0 aliphatic heterocycles. The lowest BCUT2D eigenvalue weighted by Gasteiger charge is -2.44. The standard InChI is InChI=1S/C87H106N4O4/c1-53-36-55(49-88)39-57(37-53)70-46-63(86(23,24)52-80(6,7)8)48-76(91-73-32-28-60(83(15,16)17)43-66(73)67-44-61(84(18,19)20)29-33-74(67)91)87(70,93)95-35-25-34-94-78-54(2)38-56(50-89)40-69(78)68-45-62(85(21,22)51-79(3,4)5)47-75(77(68)92)90-71-30-26-58(81(9,10)11)41-64(71)65-42-59(82(12,13)14)27-31-72(65)90/h26-33,36-48,76,92-93H,25,34-35,51-52H2,1-24H3. The van der Waals surface area contributed by atoms with E-state index < -0.39 is 11.8 Å². The number of hydrogen-bond donors (Lipinski definition) is 2. The van der Waals surface area contributed by atoms with Crippen molar-refractivity contribution in [3.05, 3.63) is 189 Å². The van der Waals surface area contributed by atoms with Crippen LogP contribution >= 0.6 is 0 Å². The van der Waals surface area contributed by atoms with Gasteiger partial charge in [0.05, 0.1) is 53.2 Å². The maximum Gasteiger partial charge on any atom is 0.218 e. The van der Waals surface area contributed by atoms with E-state index in [1.54, 1.807) is 0 Å². The summed E-state index contributed by atoms with van der Waals surface area (Å²) in [6, 6.07) is 45.0. The summed E-state index contributed by atoms with van der Waals surface area (Å²) >= 11 is 0. The number of hydrogen-bond acceptors (Lipinski definition) is 6. The molecule has 7 aromatic carbocycles. The molecular formula is C87H106N4O4. The highest BCUT2D eigenvalue weighted by molar-refractivity contribution is 6.11. The van der Waals surface area contributed by atoms with Gasteiger partial charge < -0.3 is 28.8 Å². The van der Waals surface area contributed by atoms with Crippen molar-refractivity contribution in [2.24, 2.45) is 16.2 Å². The molecule has 8 nitrogen and oxygen atoms in total. The number of nitrogens with zero attached hydrogens (tertiary/aromatic N) is 4. The zero-order chi connectivity index (χ0) is 69.9. The Morgan fingerprint density at radius 1 is 0.495 bits per heavy atom. The number of fused-ring (bicyclic) bond motifs is 6. The van der Waals surface area contributed by atoms with Crippen molar-refractivity contribution in [1.82, 2.24) is 9.13 Å². The molecule has 10 rings (SSSR count). The summed E-state index contributed by atoms with van der Waals surface area (Å²) in [5.41, 5.74) is 15.4. The van der Waals surface area contributed by atoms with E-state index in [2.05, 4.69) is 277 Å². The minimum atomic E-state index is -1.99. The first kappa shape index (κ1) is 69.9. The molecule has 0 bridgehead atoms. The number of nitriles is 2. The average molecular weight is 1270 g/mol. The molecule has 2 heterocycles. The predicted molar refractivity (Wildman–Crippen MR) is 399 cm³/mol. The number of ether oxygens (including phenoxy) is 2. The second-order valence-corrected chi connectivity index (χ2v) is 35.6. The Morgan fingerprint density at radius 3 is 1.41 bits per heavy atom. The van der Waals surface area contributed by atoms with Gasteiger partial charge in [0.2, 0.25) is 5.79 Å². The van der Waals surface area contributed by atoms with Crippen LogP contribution in [0.25, 0.3) is 66.0 Å². The van der Waals surface area contributed by atoms with Crippen LogP contribution < -0.4 is 4.74 Å². The molecule has 1 aliphatic rings. The van der Waals surface area contributed by atoms with Crippen LogP contribution in [0.4, 0.5) is 0 Å². The largest absolute Gasteiger partial charge is 0.505 e. The van der Waals surface area contributed by atoms with E-state index in [4.69, 9.17) is 9.47 Å². The van der Waals surface area contributed by atoms with Crippen molar-refractivity contribution in [3.63, 3.8) is 0 Å². The summed E-state index contributed by atoms with van der Waals surface area (Å²) in [4.78, 5) is 0. The minimum absolute atomic E-state index is 0.0331. The summed E-state index contributed by atoms with van der Waals surface area (Å²) in [5.74, 6) is -1.36. The van der Waals surface area contributed by atoms with Crippen molar-refractivity contribution in [2.75, 3.05) is 13.2 Å². The maximum absolute atomic E-state index is 14.4. The van der Waals surface area contributed by atoms with Crippen LogP contribution in [-0.2, 0) is 31.8 Å². The summed E-state index contributed by atoms with van der Waals surface area (Å²) in [6.45, 7) is 54.0. The molecule has 0 saturated heterocycles. The van der Waals surface area contributed by atoms with Crippen molar-refractivity contribution in [3.8, 4) is 40.5 Å². The summed E-state index contributed by atoms with van der Waals surface area (Å²) < 4.78 is 18.9. The Kier molecular flexibility index (Phi) is 17.9. The maximum atomic E-state index is 14.4. The summed E-state index contributed by atoms with van der Waals surface area (Å²) in [5, 5.41) is 53.4. The van der Waals surface area contributed by atoms with Crippen molar-refractivity contribution >= 4 is 49.2 Å². The molecule has 2 aromatic heterocycles. The Morgan fingerprint density at radius 2 is 0.947 bits per heavy atom. The Labute approximate surface area is 568 Å². The Hall–Kier alpha value is -7.88. The SMILES string of the molecule is Cc1cc(C#N)cc(C2=CC(C(C)(C)CC(C)(C)C)=CC(n3c4ccc(C(C)(C)C)cc4c4cc(C(C)(C)C)ccc43)C2(O)OCCCOc2c(C)cc(C#N)cc2-c2cc(C(C)(C)CC(C)(C)C)cc(-n3c4ccc(C(C)(C)C)cc4c4cc(C(C)(C)C)ccc43)c2O)c1. The van der Waals surface area contributed by atoms with Gasteiger partial charge in [-0.05, 0) is 211 Å². The van der Waals surface area contributed by atoms with Gasteiger partial charge in [0.1, 0.15) is 17.5 Å². The quantitative estimate of drug-likeness (QED) is 0.0828. The fourth-order valence-corrected chi connectivity index (χ4v) is 15.3. The second kappa shape index (κ2) is 24.3. The number of allylic oxidation sites excluding steroid dienone is 2. The first-order valence-electron chi connectivity index (χ1n) is 34.4. The highest BCUT2D eigenvalue weighted by Gasteiger charge is 2.48. The fourth-order valence-electron chi connectivity index (χ4n) is 15.3. The highest BCUT2D eigenvalue weighted by atomic mass is 16.6. The Bertz CT molecular complexity index is 4510. The molecule has 498 valence electrons. The molecule has 0 radical (unpaired) electrons. The zero-order valence-electron chi connectivity index (χ0n) is 61.7. The van der Waals surface area contributed by atoms with Gasteiger partial charge in [-0.2, -0.15) is 10.5 Å². The topological polar surface area (TPSA) is 116 Å². The van der Waals surface area contributed by atoms with E-state index in [1.807, 2.05) is 38.1 Å². The van der Waals surface area contributed by atoms with Crippen molar-refractivity contribution < 1.29 is 19.7 Å². The zero-order valence-corrected chi connectivity index (χ0v) is 61.7. The molecular weight excluding hydrogens is 1160 g/mol. The number of aryl methyl sites for hydroxylation is 2. The van der Waals surface area contributed by atoms with E-state index in [0.29, 0.717) is 51.2 Å². The van der Waals surface area contributed by atoms with Crippen LogP contribution in [0.3, 0.4) is 0 Å². The predicted octanol–water partition coefficient (Wildman–Crippen LogP) is 22.7. The van der Waals surface area contributed by atoms with Gasteiger partial charge in [-0.15, -0.1) is 0 Å². The first-order valence-corrected chi connectivity index (χ1v) is 34.4. The first-order chi connectivity index (χ1) is 43.8. The molecule has 95 heavy (non-hydrogen) atoms. The molecule has 9 aromatic rings. The number of phenols is 1. The van der Waals surface area contributed by atoms with Crippen LogP contribution in [-0.4, -0.2) is 38.3 Å². The van der Waals surface area contributed by atoms with Gasteiger partial charge in [0, 0.05) is 55.7 Å². The van der Waals surface area contributed by atoms with Crippen LogP contribution in [0, 0.1) is 52.8 Å². The summed E-state index contributed by atoms with van der Waals surface area (Å²) in [7, 11) is 0. The van der Waals surface area contributed by atoms with Crippen LogP contribution in [0.15, 0.2) is 133 Å². The van der Waals surface area contributed by atoms with Crippen LogP contribution in [0.1, 0.15) is 233 Å². The number of benzene rings is 7. The lowest BCUT2D eigenvalue weighted by molar-refractivity contribution is -0.179. The third-order valence-corrected chi connectivity index (χ3v) is 19.6. The smallest absolute Gasteiger partial charge is 0.218 e. The normalized spacial score (nSPS) is 16.4. The number of aromatic nitrogens is 2. The van der Waals surface area contributed by atoms with E-state index in [9.17, 15) is 20.7 Å². The van der Waals surface area contributed by atoms with E-state index >= 15 is 0 Å². The van der Waals surface area contributed by atoms with Gasteiger partial charge in [-0.1, -0.05) is 189 Å². The van der Waals surface area contributed by atoms with Gasteiger partial charge in [0.15, 0.2) is 0 Å². The van der Waals surface area contributed by atoms with Crippen LogP contribution in [0.2, 0.25) is 0 Å². The number of phenolic OH excluding ortho intramolecular Hbond substituents is 1. The van der Waals surface area contributed by atoms with Gasteiger partial charge >= 0.3 is 0 Å². The lowest BCUT2D eigenvalue weighted by atomic mass is 9.68. The lowest BCUT2D eigenvalue weighted by Crippen LogP contribution is -2.45. The molecule has 2 N–H and O–H groups in total. The molecule has 1 aliphatic carbocycles. The third-order valence-electron chi connectivity index (χ3n) is 19.6. The fraction of sp³-hybridized carbons (Fsp3) is 0.448. The molecule has 2 unspecified atom stereocenters. The molecule has 0 amide bonds. The average Bonchev–Trinajstić information content (AvgIpc) is 1.63. The number of aliphatic hydroxyl groups is 1. The number of aromatic hydroxyl groups is 1. The minimum Gasteiger partial charge on any atom is -0.505 e. The van der Waals surface area contributed by atoms with Gasteiger partial charge in [-0.3, -0.25) is 0 Å². The Balaban J connectivity index is 1.12. The van der Waals surface area contributed by atoms with Crippen molar-refractivity contribution in [2.45, 2.75) is 224 Å². The molecule has 2 atom stereocenters. The van der Waals surface area contributed by atoms with E-state index in [-0.39, 0.29) is 62.3 Å². The molecule has 0 fully saturated rings. The summed E-state index contributed by atoms with van der Waals surface area (Å²) in [6.07, 6.45) is 6.45. The second-order valence-electron chi connectivity index (χ2n) is 35.6. The molecule has 8 heteroatoms. The van der Waals surface area contributed by atoms with Gasteiger partial charge in [0.25, 0.3) is 0 Å². The van der Waals surface area contributed by atoms with Crippen LogP contribution in [0.5, 0.6) is 11.5 Å². The third kappa shape index (κ3) is 13.9. The number of rotatable bonds is 14. The highest BCUT2D eigenvalue weighted by Crippen LogP contribution is 2.53. The molecule has 0 spiro atoms. The van der Waals surface area contributed by atoms with Crippen molar-refractivity contribution in [1.29, 1.82) is 10.5 Å². The van der Waals surface area contributed by atoms with E-state index in [0.717, 1.165) is 78.7 Å². The monoisotopic (exact) mass is 1270 g/mol.